The molecule has 0 atom stereocenters. The van der Waals surface area contributed by atoms with Crippen molar-refractivity contribution in [2.24, 2.45) is 21.7 Å². The molecule has 0 radical (unpaired) electrons. The molecule has 18 nitrogen and oxygen atoms in total. The van der Waals surface area contributed by atoms with Crippen molar-refractivity contribution < 1.29 is 91.6 Å². The zero-order valence-corrected chi connectivity index (χ0v) is 29.9. The Kier molecular flexibility index (Phi) is 45.4. The maximum Gasteiger partial charge on any atom is 0.303 e. The van der Waals surface area contributed by atoms with Gasteiger partial charge in [-0.15, -0.1) is 0 Å². The summed E-state index contributed by atoms with van der Waals surface area (Å²) in [5, 5.41) is 144. The number of rotatable bonds is 26. The van der Waals surface area contributed by atoms with Gasteiger partial charge in [-0.2, -0.15) is 0 Å². The smallest absolute Gasteiger partial charge is 0.303 e. The highest BCUT2D eigenvalue weighted by atomic mass is 16.4. The first-order valence-corrected chi connectivity index (χ1v) is 16.7. The molecule has 0 amide bonds. The van der Waals surface area contributed by atoms with Crippen molar-refractivity contribution in [3.05, 3.63) is 0 Å². The average molecular weight is 745 g/mol. The molecule has 18 heteroatoms. The lowest BCUT2D eigenvalue weighted by Gasteiger charge is -2.23. The number of aliphatic hydroxyl groups is 16. The number of hydrogen-bond donors (Lipinski definition) is 17. The van der Waals surface area contributed by atoms with Crippen molar-refractivity contribution in [2.75, 3.05) is 106 Å². The zero-order valence-electron chi connectivity index (χ0n) is 29.9. The number of aliphatic carboxylic acids is 1. The lowest BCUT2D eigenvalue weighted by molar-refractivity contribution is -0.137. The van der Waals surface area contributed by atoms with Gasteiger partial charge in [-0.1, -0.05) is 58.3 Å². The van der Waals surface area contributed by atoms with Crippen LogP contribution >= 0.6 is 0 Å². The first-order chi connectivity index (χ1) is 23.7. The quantitative estimate of drug-likeness (QED) is 0.0373. The summed E-state index contributed by atoms with van der Waals surface area (Å²) in [4.78, 5) is 10.2. The molecule has 50 heavy (non-hydrogen) atoms. The first kappa shape index (κ1) is 58.1. The molecule has 0 unspecified atom stereocenters. The Bertz CT molecular complexity index is 520. The van der Waals surface area contributed by atoms with E-state index in [4.69, 9.17) is 86.8 Å². The molecule has 0 aliphatic heterocycles. The fourth-order valence-corrected chi connectivity index (χ4v) is 2.79. The van der Waals surface area contributed by atoms with E-state index in [9.17, 15) is 4.79 Å². The van der Waals surface area contributed by atoms with Crippen LogP contribution in [0.25, 0.3) is 0 Å². The van der Waals surface area contributed by atoms with Crippen LogP contribution in [-0.2, 0) is 4.79 Å². The minimum atomic E-state index is -1.11. The van der Waals surface area contributed by atoms with Gasteiger partial charge in [-0.25, -0.2) is 0 Å². The van der Waals surface area contributed by atoms with Crippen LogP contribution in [0.4, 0.5) is 0 Å². The van der Waals surface area contributed by atoms with Crippen molar-refractivity contribution in [3.8, 4) is 0 Å². The van der Waals surface area contributed by atoms with E-state index in [1.165, 1.54) is 44.9 Å². The summed E-state index contributed by atoms with van der Waals surface area (Å²) in [6.07, 6.45) is 11.5. The Balaban J connectivity index is -0.000000171. The largest absolute Gasteiger partial charge is 0.481 e. The molecule has 0 saturated heterocycles. The molecule has 0 aliphatic rings. The lowest BCUT2D eigenvalue weighted by Crippen LogP contribution is -2.37. The standard InChI is InChI=1S/C12H24O2.4C5H12O4/c1-2-3-4-5-6-7-8-9-10-11-12(13)14;4*6-1-5(2-7,3-8)4-9/h2-11H2,1H3,(H,13,14);4*6-9H,1-4H2. The lowest BCUT2D eigenvalue weighted by atomic mass is 9.93. The van der Waals surface area contributed by atoms with E-state index < -0.39 is 133 Å². The van der Waals surface area contributed by atoms with Crippen molar-refractivity contribution in [1.29, 1.82) is 0 Å². The van der Waals surface area contributed by atoms with Gasteiger partial charge in [-0.05, 0) is 6.42 Å². The number of carbonyl (C=O) groups is 1. The van der Waals surface area contributed by atoms with Crippen LogP contribution in [0.3, 0.4) is 0 Å². The van der Waals surface area contributed by atoms with Crippen molar-refractivity contribution >= 4 is 5.97 Å². The molecule has 0 spiro atoms. The molecule has 0 rings (SSSR count). The van der Waals surface area contributed by atoms with E-state index in [-0.39, 0.29) is 0 Å². The predicted octanol–water partition coefficient (Wildman–Crippen LogP) is -4.24. The van der Waals surface area contributed by atoms with E-state index in [0.29, 0.717) is 6.42 Å². The minimum absolute atomic E-state index is 0.343. The summed E-state index contributed by atoms with van der Waals surface area (Å²) in [6.45, 7) is -4.27. The molecule has 0 fully saturated rings. The monoisotopic (exact) mass is 744 g/mol. The SMILES string of the molecule is CCCCCCCCCCCC(=O)O.OCC(CO)(CO)CO.OCC(CO)(CO)CO.OCC(CO)(CO)CO.OCC(CO)(CO)CO. The zero-order chi connectivity index (χ0) is 40.0. The molecular weight excluding hydrogens is 672 g/mol. The van der Waals surface area contributed by atoms with Crippen LogP contribution in [0.2, 0.25) is 0 Å². The van der Waals surface area contributed by atoms with Gasteiger partial charge < -0.3 is 86.8 Å². The van der Waals surface area contributed by atoms with E-state index in [1.54, 1.807) is 0 Å². The van der Waals surface area contributed by atoms with Crippen LogP contribution in [0.1, 0.15) is 71.1 Å². The Morgan fingerprint density at radius 3 is 0.600 bits per heavy atom. The predicted molar refractivity (Wildman–Crippen MR) is 183 cm³/mol. The van der Waals surface area contributed by atoms with Crippen LogP contribution in [0.5, 0.6) is 0 Å². The highest BCUT2D eigenvalue weighted by molar-refractivity contribution is 5.66. The van der Waals surface area contributed by atoms with Gasteiger partial charge in [-0.3, -0.25) is 4.79 Å². The molecule has 0 aliphatic carbocycles. The maximum atomic E-state index is 10.2. The highest BCUT2D eigenvalue weighted by Gasteiger charge is 2.28. The van der Waals surface area contributed by atoms with Gasteiger partial charge in [0.1, 0.15) is 0 Å². The minimum Gasteiger partial charge on any atom is -0.481 e. The van der Waals surface area contributed by atoms with Gasteiger partial charge in [0.05, 0.1) is 127 Å². The van der Waals surface area contributed by atoms with Gasteiger partial charge >= 0.3 is 5.97 Å². The molecule has 0 aromatic heterocycles. The van der Waals surface area contributed by atoms with E-state index >= 15 is 0 Å². The second-order valence-electron chi connectivity index (χ2n) is 12.5. The number of aliphatic hydroxyl groups excluding tert-OH is 16. The Labute approximate surface area is 296 Å². The van der Waals surface area contributed by atoms with Crippen LogP contribution < -0.4 is 0 Å². The van der Waals surface area contributed by atoms with Gasteiger partial charge in [0.15, 0.2) is 0 Å². The van der Waals surface area contributed by atoms with E-state index in [1.807, 2.05) is 0 Å². The summed E-state index contributed by atoms with van der Waals surface area (Å²) >= 11 is 0. The van der Waals surface area contributed by atoms with Crippen LogP contribution in [-0.4, -0.2) is 198 Å². The van der Waals surface area contributed by atoms with Gasteiger partial charge in [0.2, 0.25) is 0 Å². The third-order valence-corrected chi connectivity index (χ3v) is 7.86. The molecule has 0 bridgehead atoms. The van der Waals surface area contributed by atoms with E-state index in [0.717, 1.165) is 12.8 Å². The Morgan fingerprint density at radius 1 is 0.320 bits per heavy atom. The third-order valence-electron chi connectivity index (χ3n) is 7.86. The fraction of sp³-hybridized carbons (Fsp3) is 0.969. The number of hydrogen-bond acceptors (Lipinski definition) is 17. The molecule has 308 valence electrons. The van der Waals surface area contributed by atoms with Crippen LogP contribution in [0.15, 0.2) is 0 Å². The molecule has 17 N–H and O–H groups in total. The normalized spacial score (nSPS) is 11.5. The second-order valence-corrected chi connectivity index (χ2v) is 12.5. The summed E-state index contributed by atoms with van der Waals surface area (Å²) in [7, 11) is 0. The number of carboxylic acids is 1. The van der Waals surface area contributed by atoms with Crippen molar-refractivity contribution in [2.45, 2.75) is 71.1 Å². The van der Waals surface area contributed by atoms with Crippen molar-refractivity contribution in [1.82, 2.24) is 0 Å². The van der Waals surface area contributed by atoms with Crippen molar-refractivity contribution in [3.63, 3.8) is 0 Å². The Morgan fingerprint density at radius 2 is 0.480 bits per heavy atom. The molecule has 0 heterocycles. The summed E-state index contributed by atoms with van der Waals surface area (Å²) in [5.74, 6) is -0.659. The highest BCUT2D eigenvalue weighted by Crippen LogP contribution is 2.14. The topological polar surface area (TPSA) is 361 Å². The number of carboxylic acid groups (broad SMARTS) is 1. The van der Waals surface area contributed by atoms with E-state index in [2.05, 4.69) is 6.92 Å². The van der Waals surface area contributed by atoms with Crippen LogP contribution in [0, 0.1) is 21.7 Å². The second kappa shape index (κ2) is 39.0. The van der Waals surface area contributed by atoms with Gasteiger partial charge in [0.25, 0.3) is 0 Å². The fourth-order valence-electron chi connectivity index (χ4n) is 2.79. The first-order valence-electron chi connectivity index (χ1n) is 16.7. The maximum absolute atomic E-state index is 10.2. The molecule has 0 saturated carbocycles. The summed E-state index contributed by atoms with van der Waals surface area (Å²) in [5.41, 5.74) is -4.44. The summed E-state index contributed by atoms with van der Waals surface area (Å²) in [6, 6.07) is 0. The summed E-state index contributed by atoms with van der Waals surface area (Å²) < 4.78 is 0. The molecular formula is C32H72O18. The number of unbranched alkanes of at least 4 members (excludes halogenated alkanes) is 8. The average Bonchev–Trinajstić information content (AvgIpc) is 3.17. The molecule has 0 aromatic rings. The Hall–Kier alpha value is -1.17. The van der Waals surface area contributed by atoms with Gasteiger partial charge in [0, 0.05) is 6.42 Å². The third kappa shape index (κ3) is 29.4. The molecule has 0 aromatic carbocycles.